The number of aryl methyl sites for hydroxylation is 1. The maximum atomic E-state index is 12.0. The van der Waals surface area contributed by atoms with E-state index in [4.69, 9.17) is 4.52 Å². The smallest absolute Gasteiger partial charge is 0.275 e. The number of carbonyl (C=O) groups is 1. The Morgan fingerprint density at radius 2 is 2.10 bits per heavy atom. The highest BCUT2D eigenvalue weighted by molar-refractivity contribution is 6.02. The Kier molecular flexibility index (Phi) is 3.85. The number of hydrogen-bond acceptors (Lipinski definition) is 5. The van der Waals surface area contributed by atoms with Gasteiger partial charge in [0.05, 0.1) is 11.9 Å². The summed E-state index contributed by atoms with van der Waals surface area (Å²) in [6.45, 7) is 3.89. The lowest BCUT2D eigenvalue weighted by Crippen LogP contribution is -2.29. The zero-order valence-electron chi connectivity index (χ0n) is 12.0. The summed E-state index contributed by atoms with van der Waals surface area (Å²) in [7, 11) is 0. The number of pyridine rings is 1. The van der Waals surface area contributed by atoms with E-state index in [0.717, 1.165) is 18.8 Å². The SMILES string of the molecule is Cc1cc(NC(=O)c2ccc(N3CCCCC3)cn2)no1. The van der Waals surface area contributed by atoms with Crippen LogP contribution in [0.2, 0.25) is 0 Å². The van der Waals surface area contributed by atoms with Gasteiger partial charge in [-0.1, -0.05) is 5.16 Å². The van der Waals surface area contributed by atoms with Crippen molar-refractivity contribution in [2.75, 3.05) is 23.3 Å². The molecular weight excluding hydrogens is 268 g/mol. The second kappa shape index (κ2) is 5.95. The van der Waals surface area contributed by atoms with Crippen LogP contribution in [0.15, 0.2) is 28.9 Å². The standard InChI is InChI=1S/C15H18N4O2/c1-11-9-14(18-21-11)17-15(20)13-6-5-12(10-16-13)19-7-3-2-4-8-19/h5-6,9-10H,2-4,7-8H2,1H3,(H,17,18,20). The molecule has 21 heavy (non-hydrogen) atoms. The van der Waals surface area contributed by atoms with Gasteiger partial charge in [0, 0.05) is 19.2 Å². The molecule has 1 saturated heterocycles. The minimum atomic E-state index is -0.284. The van der Waals surface area contributed by atoms with Crippen LogP contribution in [-0.2, 0) is 0 Å². The van der Waals surface area contributed by atoms with E-state index in [-0.39, 0.29) is 5.91 Å². The number of nitrogens with one attached hydrogen (secondary N) is 1. The van der Waals surface area contributed by atoms with Crippen molar-refractivity contribution >= 4 is 17.4 Å². The van der Waals surface area contributed by atoms with Gasteiger partial charge in [-0.3, -0.25) is 4.79 Å². The van der Waals surface area contributed by atoms with Gasteiger partial charge < -0.3 is 14.7 Å². The number of anilines is 2. The molecule has 3 heterocycles. The number of aromatic nitrogens is 2. The first-order chi connectivity index (χ1) is 10.2. The van der Waals surface area contributed by atoms with Crippen LogP contribution in [-0.4, -0.2) is 29.1 Å². The number of piperidine rings is 1. The maximum Gasteiger partial charge on any atom is 0.275 e. The van der Waals surface area contributed by atoms with E-state index < -0.39 is 0 Å². The molecule has 1 fully saturated rings. The molecule has 0 atom stereocenters. The van der Waals surface area contributed by atoms with Crippen molar-refractivity contribution < 1.29 is 9.32 Å². The van der Waals surface area contributed by atoms with E-state index in [0.29, 0.717) is 17.3 Å². The van der Waals surface area contributed by atoms with Crippen LogP contribution >= 0.6 is 0 Å². The summed E-state index contributed by atoms with van der Waals surface area (Å²) in [6, 6.07) is 5.35. The van der Waals surface area contributed by atoms with Crippen molar-refractivity contribution in [1.29, 1.82) is 0 Å². The van der Waals surface area contributed by atoms with Gasteiger partial charge in [-0.2, -0.15) is 0 Å². The van der Waals surface area contributed by atoms with E-state index in [1.54, 1.807) is 25.3 Å². The largest absolute Gasteiger partial charge is 0.370 e. The Hall–Kier alpha value is -2.37. The first-order valence-corrected chi connectivity index (χ1v) is 7.18. The molecule has 0 saturated carbocycles. The van der Waals surface area contributed by atoms with Crippen LogP contribution < -0.4 is 10.2 Å². The molecule has 0 aliphatic carbocycles. The van der Waals surface area contributed by atoms with E-state index in [1.165, 1.54) is 19.3 Å². The van der Waals surface area contributed by atoms with Crippen LogP contribution in [0, 0.1) is 6.92 Å². The van der Waals surface area contributed by atoms with Crippen LogP contribution in [0.4, 0.5) is 11.5 Å². The molecular formula is C15H18N4O2. The molecule has 1 N–H and O–H groups in total. The molecule has 6 nitrogen and oxygen atoms in total. The van der Waals surface area contributed by atoms with Crippen LogP contribution in [0.1, 0.15) is 35.5 Å². The van der Waals surface area contributed by atoms with Gasteiger partial charge in [0.2, 0.25) is 0 Å². The van der Waals surface area contributed by atoms with Gasteiger partial charge in [-0.05, 0) is 38.3 Å². The quantitative estimate of drug-likeness (QED) is 0.939. The Labute approximate surface area is 123 Å². The van der Waals surface area contributed by atoms with Crippen molar-refractivity contribution in [2.45, 2.75) is 26.2 Å². The average molecular weight is 286 g/mol. The van der Waals surface area contributed by atoms with E-state index >= 15 is 0 Å². The number of rotatable bonds is 3. The van der Waals surface area contributed by atoms with E-state index in [2.05, 4.69) is 20.4 Å². The number of carbonyl (C=O) groups excluding carboxylic acids is 1. The first-order valence-electron chi connectivity index (χ1n) is 7.18. The molecule has 0 radical (unpaired) electrons. The number of hydrogen-bond donors (Lipinski definition) is 1. The van der Waals surface area contributed by atoms with Crippen molar-refractivity contribution in [3.63, 3.8) is 0 Å². The Bertz CT molecular complexity index is 615. The first kappa shape index (κ1) is 13.6. The summed E-state index contributed by atoms with van der Waals surface area (Å²) in [5, 5.41) is 6.39. The Morgan fingerprint density at radius 1 is 1.29 bits per heavy atom. The molecule has 0 unspecified atom stereocenters. The van der Waals surface area contributed by atoms with Gasteiger partial charge >= 0.3 is 0 Å². The molecule has 2 aromatic heterocycles. The fraction of sp³-hybridized carbons (Fsp3) is 0.400. The van der Waals surface area contributed by atoms with Gasteiger partial charge in [0.25, 0.3) is 5.91 Å². The molecule has 1 amide bonds. The summed E-state index contributed by atoms with van der Waals surface area (Å²) in [5.74, 6) is 0.770. The lowest BCUT2D eigenvalue weighted by atomic mass is 10.1. The summed E-state index contributed by atoms with van der Waals surface area (Å²) < 4.78 is 4.91. The second-order valence-corrected chi connectivity index (χ2v) is 5.23. The Morgan fingerprint density at radius 3 is 2.71 bits per heavy atom. The third-order valence-electron chi connectivity index (χ3n) is 3.57. The zero-order chi connectivity index (χ0) is 14.7. The predicted molar refractivity (Wildman–Crippen MR) is 79.5 cm³/mol. The van der Waals surface area contributed by atoms with Crippen molar-refractivity contribution in [3.05, 3.63) is 35.9 Å². The summed E-state index contributed by atoms with van der Waals surface area (Å²) in [5.41, 5.74) is 1.44. The molecule has 2 aromatic rings. The fourth-order valence-corrected chi connectivity index (χ4v) is 2.47. The molecule has 1 aliphatic rings. The van der Waals surface area contributed by atoms with E-state index in [1.807, 2.05) is 6.07 Å². The van der Waals surface area contributed by atoms with Crippen molar-refractivity contribution in [1.82, 2.24) is 10.1 Å². The molecule has 0 aromatic carbocycles. The summed E-state index contributed by atoms with van der Waals surface area (Å²) in [4.78, 5) is 18.6. The third kappa shape index (κ3) is 3.21. The topological polar surface area (TPSA) is 71.3 Å². The number of nitrogens with zero attached hydrogens (tertiary/aromatic N) is 3. The van der Waals surface area contributed by atoms with Crippen LogP contribution in [0.3, 0.4) is 0 Å². The highest BCUT2D eigenvalue weighted by Crippen LogP contribution is 2.19. The normalized spacial score (nSPS) is 15.0. The molecule has 110 valence electrons. The average Bonchev–Trinajstić information content (AvgIpc) is 2.93. The Balaban J connectivity index is 1.67. The van der Waals surface area contributed by atoms with Crippen molar-refractivity contribution in [2.24, 2.45) is 0 Å². The molecule has 1 aliphatic heterocycles. The van der Waals surface area contributed by atoms with Gasteiger partial charge in [-0.15, -0.1) is 0 Å². The highest BCUT2D eigenvalue weighted by atomic mass is 16.5. The zero-order valence-corrected chi connectivity index (χ0v) is 12.0. The summed E-state index contributed by atoms with van der Waals surface area (Å²) in [6.07, 6.45) is 5.48. The summed E-state index contributed by atoms with van der Waals surface area (Å²) >= 11 is 0. The molecule has 0 bridgehead atoms. The lowest BCUT2D eigenvalue weighted by molar-refractivity contribution is 0.102. The van der Waals surface area contributed by atoms with Crippen LogP contribution in [0.5, 0.6) is 0 Å². The number of amides is 1. The fourth-order valence-electron chi connectivity index (χ4n) is 2.47. The molecule has 6 heteroatoms. The minimum absolute atomic E-state index is 0.284. The second-order valence-electron chi connectivity index (χ2n) is 5.23. The van der Waals surface area contributed by atoms with Gasteiger partial charge in [-0.25, -0.2) is 4.98 Å². The predicted octanol–water partition coefficient (Wildman–Crippen LogP) is 2.62. The van der Waals surface area contributed by atoms with Gasteiger partial charge in [0.15, 0.2) is 5.82 Å². The molecule has 0 spiro atoms. The lowest BCUT2D eigenvalue weighted by Gasteiger charge is -2.28. The van der Waals surface area contributed by atoms with Crippen molar-refractivity contribution in [3.8, 4) is 0 Å². The molecule has 3 rings (SSSR count). The van der Waals surface area contributed by atoms with E-state index in [9.17, 15) is 4.79 Å². The highest BCUT2D eigenvalue weighted by Gasteiger charge is 2.13. The van der Waals surface area contributed by atoms with Gasteiger partial charge in [0.1, 0.15) is 11.5 Å². The third-order valence-corrected chi connectivity index (χ3v) is 3.57. The van der Waals surface area contributed by atoms with Crippen LogP contribution in [0.25, 0.3) is 0 Å². The minimum Gasteiger partial charge on any atom is -0.370 e. The monoisotopic (exact) mass is 286 g/mol. The maximum absolute atomic E-state index is 12.0.